The van der Waals surface area contributed by atoms with Crippen LogP contribution in [0.25, 0.3) is 0 Å². The van der Waals surface area contributed by atoms with E-state index in [0.717, 1.165) is 32.1 Å². The van der Waals surface area contributed by atoms with Gasteiger partial charge in [-0.2, -0.15) is 0 Å². The number of hydrogen-bond donors (Lipinski definition) is 0. The Bertz CT molecular complexity index is 342. The zero-order chi connectivity index (χ0) is 11.4. The van der Waals surface area contributed by atoms with Gasteiger partial charge in [-0.15, -0.1) is 0 Å². The molecule has 1 aliphatic rings. The monoisotopic (exact) mass is 216 g/mol. The van der Waals surface area contributed by atoms with E-state index in [1.165, 1.54) is 5.56 Å². The average molecular weight is 216 g/mol. The second-order valence-corrected chi connectivity index (χ2v) is 4.83. The van der Waals surface area contributed by atoms with Crippen molar-refractivity contribution in [3.63, 3.8) is 0 Å². The van der Waals surface area contributed by atoms with Crippen LogP contribution >= 0.6 is 0 Å². The molecule has 0 aliphatic heterocycles. The van der Waals surface area contributed by atoms with E-state index in [2.05, 4.69) is 37.3 Å². The average Bonchev–Trinajstić information content (AvgIpc) is 2.33. The molecule has 2 unspecified atom stereocenters. The van der Waals surface area contributed by atoms with Crippen LogP contribution in [0.5, 0.6) is 0 Å². The predicted molar refractivity (Wildman–Crippen MR) is 66.4 cm³/mol. The molecule has 0 heterocycles. The summed E-state index contributed by atoms with van der Waals surface area (Å²) >= 11 is 0. The summed E-state index contributed by atoms with van der Waals surface area (Å²) in [4.78, 5) is 11.8. The van der Waals surface area contributed by atoms with Gasteiger partial charge < -0.3 is 0 Å². The van der Waals surface area contributed by atoms with E-state index in [0.29, 0.717) is 17.6 Å². The van der Waals surface area contributed by atoms with Gasteiger partial charge in [0.15, 0.2) is 0 Å². The molecule has 0 radical (unpaired) electrons. The maximum absolute atomic E-state index is 11.8. The Morgan fingerprint density at radius 3 is 2.69 bits per heavy atom. The lowest BCUT2D eigenvalue weighted by Gasteiger charge is -2.28. The molecule has 0 amide bonds. The molecule has 0 saturated heterocycles. The third kappa shape index (κ3) is 2.52. The molecule has 2 rings (SSSR count). The van der Waals surface area contributed by atoms with E-state index in [9.17, 15) is 4.79 Å². The van der Waals surface area contributed by atoms with Crippen molar-refractivity contribution < 1.29 is 4.79 Å². The normalized spacial score (nSPS) is 25.7. The molecule has 1 aliphatic carbocycles. The van der Waals surface area contributed by atoms with Gasteiger partial charge >= 0.3 is 0 Å². The number of hydrogen-bond acceptors (Lipinski definition) is 1. The standard InChI is InChI=1S/C15H20O/c1-2-6-14-11-13(9-10-15(14)16)12-7-4-3-5-8-12/h3-5,7-8,13-14H,2,6,9-11H2,1H3. The second kappa shape index (κ2) is 5.29. The van der Waals surface area contributed by atoms with Crippen molar-refractivity contribution in [3.05, 3.63) is 35.9 Å². The summed E-state index contributed by atoms with van der Waals surface area (Å²) in [6.45, 7) is 2.17. The minimum atomic E-state index is 0.323. The summed E-state index contributed by atoms with van der Waals surface area (Å²) in [5.41, 5.74) is 1.41. The molecular weight excluding hydrogens is 196 g/mol. The molecule has 2 atom stereocenters. The molecule has 86 valence electrons. The van der Waals surface area contributed by atoms with Gasteiger partial charge in [0.1, 0.15) is 5.78 Å². The molecule has 1 fully saturated rings. The highest BCUT2D eigenvalue weighted by atomic mass is 16.1. The zero-order valence-electron chi connectivity index (χ0n) is 9.99. The summed E-state index contributed by atoms with van der Waals surface area (Å²) in [7, 11) is 0. The van der Waals surface area contributed by atoms with Gasteiger partial charge in [0.25, 0.3) is 0 Å². The molecule has 0 bridgehead atoms. The number of benzene rings is 1. The van der Waals surface area contributed by atoms with Crippen LogP contribution < -0.4 is 0 Å². The molecule has 1 aromatic carbocycles. The van der Waals surface area contributed by atoms with Gasteiger partial charge in [-0.05, 0) is 30.7 Å². The van der Waals surface area contributed by atoms with Crippen LogP contribution in [0.2, 0.25) is 0 Å². The lowest BCUT2D eigenvalue weighted by molar-refractivity contribution is -0.125. The molecule has 0 spiro atoms. The first-order valence-corrected chi connectivity index (χ1v) is 6.39. The number of ketones is 1. The van der Waals surface area contributed by atoms with Crippen LogP contribution in [0.15, 0.2) is 30.3 Å². The van der Waals surface area contributed by atoms with Crippen LogP contribution in [-0.2, 0) is 4.79 Å². The third-order valence-electron chi connectivity index (χ3n) is 3.67. The van der Waals surface area contributed by atoms with E-state index < -0.39 is 0 Å². The first kappa shape index (κ1) is 11.4. The summed E-state index contributed by atoms with van der Waals surface area (Å²) in [6, 6.07) is 10.6. The number of Topliss-reactive ketones (excluding diaryl/α,β-unsaturated/α-hetero) is 1. The first-order chi connectivity index (χ1) is 7.81. The predicted octanol–water partition coefficient (Wildman–Crippen LogP) is 3.94. The largest absolute Gasteiger partial charge is 0.299 e. The SMILES string of the molecule is CCCC1CC(c2ccccc2)CCC1=O. The van der Waals surface area contributed by atoms with E-state index >= 15 is 0 Å². The van der Waals surface area contributed by atoms with Crippen molar-refractivity contribution in [2.45, 2.75) is 44.9 Å². The molecule has 0 N–H and O–H groups in total. The van der Waals surface area contributed by atoms with Crippen molar-refractivity contribution in [1.82, 2.24) is 0 Å². The summed E-state index contributed by atoms with van der Waals surface area (Å²) < 4.78 is 0. The fraction of sp³-hybridized carbons (Fsp3) is 0.533. The van der Waals surface area contributed by atoms with Crippen molar-refractivity contribution in [3.8, 4) is 0 Å². The summed E-state index contributed by atoms with van der Waals surface area (Å²) in [5.74, 6) is 1.42. The molecule has 1 nitrogen and oxygen atoms in total. The second-order valence-electron chi connectivity index (χ2n) is 4.83. The third-order valence-corrected chi connectivity index (χ3v) is 3.67. The van der Waals surface area contributed by atoms with Crippen LogP contribution in [0.3, 0.4) is 0 Å². The molecule has 16 heavy (non-hydrogen) atoms. The summed E-state index contributed by atoms with van der Waals surface area (Å²) in [6.07, 6.45) is 5.09. The van der Waals surface area contributed by atoms with Crippen LogP contribution in [0.4, 0.5) is 0 Å². The van der Waals surface area contributed by atoms with Crippen molar-refractivity contribution in [1.29, 1.82) is 0 Å². The minimum absolute atomic E-state index is 0.323. The fourth-order valence-corrected chi connectivity index (χ4v) is 2.77. The first-order valence-electron chi connectivity index (χ1n) is 6.39. The van der Waals surface area contributed by atoms with Crippen LogP contribution in [-0.4, -0.2) is 5.78 Å². The number of carbonyl (C=O) groups excluding carboxylic acids is 1. The smallest absolute Gasteiger partial charge is 0.136 e. The quantitative estimate of drug-likeness (QED) is 0.748. The number of rotatable bonds is 3. The molecule has 1 saturated carbocycles. The van der Waals surface area contributed by atoms with Gasteiger partial charge in [-0.1, -0.05) is 43.7 Å². The number of carbonyl (C=O) groups is 1. The van der Waals surface area contributed by atoms with E-state index in [1.54, 1.807) is 0 Å². The molecular formula is C15H20O. The molecule has 1 heteroatoms. The highest BCUT2D eigenvalue weighted by Gasteiger charge is 2.28. The fourth-order valence-electron chi connectivity index (χ4n) is 2.77. The van der Waals surface area contributed by atoms with Gasteiger partial charge in [-0.3, -0.25) is 4.79 Å². The van der Waals surface area contributed by atoms with Gasteiger partial charge in [-0.25, -0.2) is 0 Å². The van der Waals surface area contributed by atoms with Gasteiger partial charge in [0, 0.05) is 12.3 Å². The van der Waals surface area contributed by atoms with E-state index in [1.807, 2.05) is 0 Å². The Morgan fingerprint density at radius 1 is 1.25 bits per heavy atom. The highest BCUT2D eigenvalue weighted by Crippen LogP contribution is 2.35. The van der Waals surface area contributed by atoms with E-state index in [4.69, 9.17) is 0 Å². The topological polar surface area (TPSA) is 17.1 Å². The Morgan fingerprint density at radius 2 is 2.00 bits per heavy atom. The van der Waals surface area contributed by atoms with Gasteiger partial charge in [0.05, 0.1) is 0 Å². The Balaban J connectivity index is 2.05. The van der Waals surface area contributed by atoms with Crippen LogP contribution in [0, 0.1) is 5.92 Å². The minimum Gasteiger partial charge on any atom is -0.299 e. The van der Waals surface area contributed by atoms with E-state index in [-0.39, 0.29) is 0 Å². The summed E-state index contributed by atoms with van der Waals surface area (Å²) in [5, 5.41) is 0. The Hall–Kier alpha value is -1.11. The van der Waals surface area contributed by atoms with Crippen LogP contribution in [0.1, 0.15) is 50.5 Å². The van der Waals surface area contributed by atoms with Crippen molar-refractivity contribution in [2.75, 3.05) is 0 Å². The lowest BCUT2D eigenvalue weighted by Crippen LogP contribution is -2.23. The maximum atomic E-state index is 11.8. The Kier molecular flexibility index (Phi) is 3.76. The molecule has 0 aromatic heterocycles. The Labute approximate surface area is 97.9 Å². The van der Waals surface area contributed by atoms with Gasteiger partial charge in [0.2, 0.25) is 0 Å². The maximum Gasteiger partial charge on any atom is 0.136 e. The zero-order valence-corrected chi connectivity index (χ0v) is 9.99. The lowest BCUT2D eigenvalue weighted by atomic mass is 9.76. The van der Waals surface area contributed by atoms with Crippen molar-refractivity contribution in [2.24, 2.45) is 5.92 Å². The molecule has 1 aromatic rings. The highest BCUT2D eigenvalue weighted by molar-refractivity contribution is 5.82. The van der Waals surface area contributed by atoms with Crippen molar-refractivity contribution >= 4 is 5.78 Å².